The fourth-order valence-corrected chi connectivity index (χ4v) is 2.79. The molecule has 126 valence electrons. The number of hydrogen-bond donors (Lipinski definition) is 1. The number of methoxy groups -OCH3 is 1. The molecule has 0 radical (unpaired) electrons. The van der Waals surface area contributed by atoms with Crippen LogP contribution in [0.4, 0.5) is 4.79 Å². The van der Waals surface area contributed by atoms with Gasteiger partial charge in [-0.2, -0.15) is 0 Å². The zero-order valence-electron chi connectivity index (χ0n) is 12.3. The number of halogens is 3. The molecule has 1 aromatic carbocycles. The molecular weight excluding hydrogens is 367 g/mol. The molecule has 0 saturated carbocycles. The van der Waals surface area contributed by atoms with Crippen molar-refractivity contribution in [3.8, 4) is 5.75 Å². The minimum Gasteiger partial charge on any atom is -0.482 e. The van der Waals surface area contributed by atoms with Gasteiger partial charge in [0.25, 0.3) is 5.91 Å². The monoisotopic (exact) mass is 380 g/mol. The lowest BCUT2D eigenvalue weighted by Gasteiger charge is -2.16. The van der Waals surface area contributed by atoms with Gasteiger partial charge in [-0.3, -0.25) is 4.79 Å². The van der Waals surface area contributed by atoms with Crippen molar-refractivity contribution < 1.29 is 19.1 Å². The number of ether oxygens (including phenoxy) is 2. The molecular formula is C14H15Cl3N2O4. The van der Waals surface area contributed by atoms with Gasteiger partial charge in [0.05, 0.1) is 22.2 Å². The van der Waals surface area contributed by atoms with Crippen LogP contribution in [0.2, 0.25) is 15.1 Å². The lowest BCUT2D eigenvalue weighted by Crippen LogP contribution is -2.40. The number of nitrogens with one attached hydrogen (secondary N) is 1. The lowest BCUT2D eigenvalue weighted by atomic mass is 10.2. The summed E-state index contributed by atoms with van der Waals surface area (Å²) in [5, 5.41) is 3.65. The smallest absolute Gasteiger partial charge is 0.409 e. The second-order valence-electron chi connectivity index (χ2n) is 4.95. The molecule has 1 heterocycles. The Labute approximate surface area is 148 Å². The number of carbonyl (C=O) groups excluding carboxylic acids is 2. The van der Waals surface area contributed by atoms with E-state index in [4.69, 9.17) is 39.5 Å². The number of benzene rings is 1. The molecule has 0 unspecified atom stereocenters. The number of amides is 2. The van der Waals surface area contributed by atoms with Crippen LogP contribution in [0.15, 0.2) is 12.1 Å². The van der Waals surface area contributed by atoms with E-state index in [1.165, 1.54) is 24.1 Å². The average Bonchev–Trinajstić information content (AvgIpc) is 2.97. The molecule has 0 bridgehead atoms. The first kappa shape index (κ1) is 18.0. The Balaban J connectivity index is 1.82. The van der Waals surface area contributed by atoms with Gasteiger partial charge in [-0.05, 0) is 12.5 Å². The van der Waals surface area contributed by atoms with Crippen molar-refractivity contribution in [2.45, 2.75) is 12.5 Å². The highest BCUT2D eigenvalue weighted by atomic mass is 35.5. The van der Waals surface area contributed by atoms with Crippen LogP contribution < -0.4 is 10.1 Å². The molecule has 9 heteroatoms. The lowest BCUT2D eigenvalue weighted by molar-refractivity contribution is -0.123. The number of hydrogen-bond acceptors (Lipinski definition) is 4. The predicted octanol–water partition coefficient (Wildman–Crippen LogP) is 2.98. The number of rotatable bonds is 4. The third-order valence-electron chi connectivity index (χ3n) is 3.32. The van der Waals surface area contributed by atoms with Crippen LogP contribution >= 0.6 is 34.8 Å². The van der Waals surface area contributed by atoms with Crippen molar-refractivity contribution >= 4 is 46.8 Å². The maximum Gasteiger partial charge on any atom is 0.409 e. The summed E-state index contributed by atoms with van der Waals surface area (Å²) in [6, 6.07) is 2.77. The Morgan fingerprint density at radius 3 is 2.65 bits per heavy atom. The van der Waals surface area contributed by atoms with Gasteiger partial charge in [-0.15, -0.1) is 0 Å². The van der Waals surface area contributed by atoms with Crippen LogP contribution in [-0.2, 0) is 9.53 Å². The molecule has 1 aliphatic heterocycles. The molecule has 2 rings (SSSR count). The van der Waals surface area contributed by atoms with E-state index in [-0.39, 0.29) is 34.4 Å². The predicted molar refractivity (Wildman–Crippen MR) is 87.5 cm³/mol. The third-order valence-corrected chi connectivity index (χ3v) is 4.34. The summed E-state index contributed by atoms with van der Waals surface area (Å²) >= 11 is 17.7. The van der Waals surface area contributed by atoms with Gasteiger partial charge in [0.1, 0.15) is 5.75 Å². The average molecular weight is 382 g/mol. The Kier molecular flexibility index (Phi) is 6.21. The molecule has 1 aliphatic rings. The molecule has 1 N–H and O–H groups in total. The second kappa shape index (κ2) is 7.95. The number of likely N-dealkylation sites (tertiary alicyclic amines) is 1. The van der Waals surface area contributed by atoms with Gasteiger partial charge in [0.2, 0.25) is 0 Å². The molecule has 0 aromatic heterocycles. The van der Waals surface area contributed by atoms with Gasteiger partial charge in [-0.1, -0.05) is 34.8 Å². The Morgan fingerprint density at radius 1 is 1.26 bits per heavy atom. The molecule has 1 atom stereocenters. The largest absolute Gasteiger partial charge is 0.482 e. The van der Waals surface area contributed by atoms with Crippen LogP contribution in [0.25, 0.3) is 0 Å². The van der Waals surface area contributed by atoms with E-state index in [9.17, 15) is 9.59 Å². The summed E-state index contributed by atoms with van der Waals surface area (Å²) in [5.74, 6) is -0.0392. The third kappa shape index (κ3) is 4.80. The van der Waals surface area contributed by atoms with Crippen LogP contribution in [0.3, 0.4) is 0 Å². The van der Waals surface area contributed by atoms with E-state index in [0.717, 1.165) is 0 Å². The summed E-state index contributed by atoms with van der Waals surface area (Å²) < 4.78 is 9.99. The van der Waals surface area contributed by atoms with Crippen LogP contribution in [0.5, 0.6) is 5.75 Å². The van der Waals surface area contributed by atoms with Crippen molar-refractivity contribution in [1.29, 1.82) is 0 Å². The highest BCUT2D eigenvalue weighted by Crippen LogP contribution is 2.33. The summed E-state index contributed by atoms with van der Waals surface area (Å²) in [6.07, 6.45) is 0.259. The molecule has 0 aliphatic carbocycles. The zero-order chi connectivity index (χ0) is 17.0. The van der Waals surface area contributed by atoms with Crippen molar-refractivity contribution in [1.82, 2.24) is 10.2 Å². The van der Waals surface area contributed by atoms with Crippen molar-refractivity contribution in [2.24, 2.45) is 0 Å². The maximum atomic E-state index is 11.9. The van der Waals surface area contributed by atoms with Gasteiger partial charge >= 0.3 is 6.09 Å². The highest BCUT2D eigenvalue weighted by Gasteiger charge is 2.27. The Morgan fingerprint density at radius 2 is 1.96 bits per heavy atom. The SMILES string of the molecule is COC(=O)N1CC[C@H](NC(=O)COc2cc(Cl)c(Cl)cc2Cl)C1. The minimum absolute atomic E-state index is 0.130. The fourth-order valence-electron chi connectivity index (χ4n) is 2.20. The van der Waals surface area contributed by atoms with E-state index in [0.29, 0.717) is 24.5 Å². The molecule has 1 saturated heterocycles. The summed E-state index contributed by atoms with van der Waals surface area (Å²) in [4.78, 5) is 24.8. The summed E-state index contributed by atoms with van der Waals surface area (Å²) in [6.45, 7) is 0.732. The minimum atomic E-state index is -0.402. The van der Waals surface area contributed by atoms with Crippen molar-refractivity contribution in [2.75, 3.05) is 26.8 Å². The van der Waals surface area contributed by atoms with Gasteiger partial charge in [0.15, 0.2) is 6.61 Å². The molecule has 1 fully saturated rings. The summed E-state index contributed by atoms with van der Waals surface area (Å²) in [7, 11) is 1.32. The van der Waals surface area contributed by atoms with E-state index in [1.807, 2.05) is 0 Å². The first-order chi connectivity index (χ1) is 10.9. The van der Waals surface area contributed by atoms with Gasteiger partial charge in [0, 0.05) is 25.2 Å². The standard InChI is InChI=1S/C14H15Cl3N2O4/c1-22-14(21)19-3-2-8(6-19)18-13(20)7-23-12-5-10(16)9(15)4-11(12)17/h4-5,8H,2-3,6-7H2,1H3,(H,18,20)/t8-/m0/s1. The normalized spacial score (nSPS) is 17.0. The highest BCUT2D eigenvalue weighted by molar-refractivity contribution is 6.43. The van der Waals surface area contributed by atoms with Crippen molar-refractivity contribution in [3.05, 3.63) is 27.2 Å². The first-order valence-electron chi connectivity index (χ1n) is 6.80. The van der Waals surface area contributed by atoms with E-state index in [1.54, 1.807) is 0 Å². The van der Waals surface area contributed by atoms with Crippen molar-refractivity contribution in [3.63, 3.8) is 0 Å². The Hall–Kier alpha value is -1.37. The fraction of sp³-hybridized carbons (Fsp3) is 0.429. The molecule has 0 spiro atoms. The van der Waals surface area contributed by atoms with Gasteiger partial charge < -0.3 is 19.7 Å². The second-order valence-corrected chi connectivity index (χ2v) is 6.18. The molecule has 2 amide bonds. The summed E-state index contributed by atoms with van der Waals surface area (Å²) in [5.41, 5.74) is 0. The molecule has 1 aromatic rings. The zero-order valence-corrected chi connectivity index (χ0v) is 14.5. The van der Waals surface area contributed by atoms with Crippen LogP contribution in [0, 0.1) is 0 Å². The Bertz CT molecular complexity index is 612. The van der Waals surface area contributed by atoms with Crippen LogP contribution in [-0.4, -0.2) is 49.7 Å². The van der Waals surface area contributed by atoms with E-state index in [2.05, 4.69) is 10.1 Å². The molecule has 23 heavy (non-hydrogen) atoms. The molecule has 6 nitrogen and oxygen atoms in total. The van der Waals surface area contributed by atoms with E-state index >= 15 is 0 Å². The maximum absolute atomic E-state index is 11.9. The number of nitrogens with zero attached hydrogens (tertiary/aromatic N) is 1. The van der Waals surface area contributed by atoms with E-state index < -0.39 is 6.09 Å². The van der Waals surface area contributed by atoms with Crippen LogP contribution in [0.1, 0.15) is 6.42 Å². The first-order valence-corrected chi connectivity index (χ1v) is 7.93. The quantitative estimate of drug-likeness (QED) is 0.814. The van der Waals surface area contributed by atoms with Gasteiger partial charge in [-0.25, -0.2) is 4.79 Å². The topological polar surface area (TPSA) is 67.9 Å². The number of carbonyl (C=O) groups is 2.